The van der Waals surface area contributed by atoms with E-state index in [1.54, 1.807) is 0 Å². The van der Waals surface area contributed by atoms with Crippen LogP contribution in [0.25, 0.3) is 0 Å². The number of carbonyl (C=O) groups excluding carboxylic acids is 2. The Labute approximate surface area is 353 Å². The molecular formula is C45H86O12S. The Morgan fingerprint density at radius 2 is 0.879 bits per heavy atom. The molecule has 1 fully saturated rings. The first-order valence-corrected chi connectivity index (χ1v) is 25.2. The Kier molecular flexibility index (Phi) is 34.2. The van der Waals surface area contributed by atoms with Crippen molar-refractivity contribution in [3.63, 3.8) is 0 Å². The van der Waals surface area contributed by atoms with Gasteiger partial charge in [-0.15, -0.1) is 0 Å². The minimum Gasteiger partial charge on any atom is -0.462 e. The summed E-state index contributed by atoms with van der Waals surface area (Å²) >= 11 is 0. The molecule has 6 atom stereocenters. The zero-order valence-electron chi connectivity index (χ0n) is 36.7. The van der Waals surface area contributed by atoms with Crippen molar-refractivity contribution in [2.45, 2.75) is 256 Å². The molecule has 0 aliphatic carbocycles. The number of unbranched alkanes of at least 4 members (excludes halogenated alkanes) is 28. The molecule has 1 rings (SSSR count). The van der Waals surface area contributed by atoms with Crippen molar-refractivity contribution in [2.75, 3.05) is 19.0 Å². The molecule has 0 saturated carbocycles. The zero-order valence-corrected chi connectivity index (χ0v) is 37.5. The quantitative estimate of drug-likeness (QED) is 0.0260. The Morgan fingerprint density at radius 1 is 0.517 bits per heavy atom. The third-order valence-corrected chi connectivity index (χ3v) is 11.9. The topological polar surface area (TPSA) is 186 Å². The van der Waals surface area contributed by atoms with Crippen LogP contribution in [0.15, 0.2) is 0 Å². The van der Waals surface area contributed by atoms with Crippen LogP contribution in [0, 0.1) is 0 Å². The molecule has 1 heterocycles. The van der Waals surface area contributed by atoms with Crippen molar-refractivity contribution < 1.29 is 56.8 Å². The Hall–Kier alpha value is -1.35. The van der Waals surface area contributed by atoms with Crippen molar-refractivity contribution in [3.8, 4) is 0 Å². The molecule has 0 amide bonds. The van der Waals surface area contributed by atoms with Crippen LogP contribution in [0.4, 0.5) is 0 Å². The highest BCUT2D eigenvalue weighted by Crippen LogP contribution is 2.24. The van der Waals surface area contributed by atoms with E-state index in [0.717, 1.165) is 38.5 Å². The van der Waals surface area contributed by atoms with E-state index in [1.807, 2.05) is 0 Å². The molecule has 344 valence electrons. The average molecular weight is 851 g/mol. The molecule has 13 heteroatoms. The van der Waals surface area contributed by atoms with Gasteiger partial charge in [-0.2, -0.15) is 8.42 Å². The number of aliphatic hydroxyl groups excluding tert-OH is 3. The van der Waals surface area contributed by atoms with Gasteiger partial charge in [0.25, 0.3) is 10.1 Å². The molecule has 1 aliphatic rings. The lowest BCUT2D eigenvalue weighted by Crippen LogP contribution is -2.60. The highest BCUT2D eigenvalue weighted by Gasteiger charge is 2.46. The molecule has 58 heavy (non-hydrogen) atoms. The number of carbonyl (C=O) groups is 2. The van der Waals surface area contributed by atoms with Gasteiger partial charge in [0.05, 0.1) is 6.61 Å². The maximum absolute atomic E-state index is 12.7. The minimum absolute atomic E-state index is 0.169. The lowest BCUT2D eigenvalue weighted by molar-refractivity contribution is -0.297. The number of esters is 2. The predicted octanol–water partition coefficient (Wildman–Crippen LogP) is 9.68. The van der Waals surface area contributed by atoms with Crippen LogP contribution in [0.5, 0.6) is 0 Å². The van der Waals surface area contributed by atoms with Crippen LogP contribution in [0.1, 0.15) is 219 Å². The molecule has 0 aromatic carbocycles. The minimum atomic E-state index is -4.59. The standard InChI is InChI=1S/C45H86O12S/c1-3-5-7-9-11-13-14-15-16-17-18-19-20-21-22-23-24-25-26-28-29-31-33-40(46)54-35-38(56-41(47)34-32-30-27-12-10-8-6-4-2)36-55-45-44(50)43(49)42(48)39(57-45)37-58(51,52)53/h38-39,42-45,48-50H,3-37H2,1-2H3,(H,51,52,53)/t38-,39-,42-,43?,44?,45+/m1/s1. The lowest BCUT2D eigenvalue weighted by Gasteiger charge is -2.40. The molecule has 0 bridgehead atoms. The number of hydrogen-bond donors (Lipinski definition) is 4. The first-order valence-electron chi connectivity index (χ1n) is 23.6. The summed E-state index contributed by atoms with van der Waals surface area (Å²) < 4.78 is 53.9. The molecular weight excluding hydrogens is 765 g/mol. The van der Waals surface area contributed by atoms with Crippen LogP contribution in [-0.4, -0.2) is 96.0 Å². The summed E-state index contributed by atoms with van der Waals surface area (Å²) in [5.74, 6) is -1.97. The van der Waals surface area contributed by atoms with E-state index in [0.29, 0.717) is 12.8 Å². The second-order valence-electron chi connectivity index (χ2n) is 16.8. The third-order valence-electron chi connectivity index (χ3n) is 11.2. The molecule has 12 nitrogen and oxygen atoms in total. The van der Waals surface area contributed by atoms with E-state index in [1.165, 1.54) is 141 Å². The smallest absolute Gasteiger partial charge is 0.306 e. The monoisotopic (exact) mass is 851 g/mol. The van der Waals surface area contributed by atoms with Crippen molar-refractivity contribution in [1.29, 1.82) is 0 Å². The molecule has 0 spiro atoms. The Bertz CT molecular complexity index is 1090. The Balaban J connectivity index is 2.29. The molecule has 4 N–H and O–H groups in total. The van der Waals surface area contributed by atoms with Crippen LogP contribution in [0.3, 0.4) is 0 Å². The number of ether oxygens (including phenoxy) is 4. The van der Waals surface area contributed by atoms with Crippen molar-refractivity contribution in [2.24, 2.45) is 0 Å². The highest BCUT2D eigenvalue weighted by molar-refractivity contribution is 7.85. The normalized spacial score (nSPS) is 20.3. The summed E-state index contributed by atoms with van der Waals surface area (Å²) in [5.41, 5.74) is 0. The van der Waals surface area contributed by atoms with Gasteiger partial charge in [0.1, 0.15) is 36.8 Å². The van der Waals surface area contributed by atoms with Crippen molar-refractivity contribution in [1.82, 2.24) is 0 Å². The van der Waals surface area contributed by atoms with Gasteiger partial charge in [-0.25, -0.2) is 0 Å². The molecule has 1 saturated heterocycles. The zero-order chi connectivity index (χ0) is 42.7. The molecule has 0 aromatic rings. The predicted molar refractivity (Wildman–Crippen MR) is 229 cm³/mol. The van der Waals surface area contributed by atoms with E-state index in [2.05, 4.69) is 13.8 Å². The summed E-state index contributed by atoms with van der Waals surface area (Å²) in [7, 11) is -4.59. The largest absolute Gasteiger partial charge is 0.462 e. The maximum Gasteiger partial charge on any atom is 0.306 e. The number of rotatable bonds is 40. The van der Waals surface area contributed by atoms with Crippen LogP contribution >= 0.6 is 0 Å². The second kappa shape index (κ2) is 36.3. The summed E-state index contributed by atoms with van der Waals surface area (Å²) in [6, 6.07) is 0. The van der Waals surface area contributed by atoms with E-state index in [4.69, 9.17) is 18.9 Å². The van der Waals surface area contributed by atoms with Gasteiger partial charge in [0.2, 0.25) is 0 Å². The summed E-state index contributed by atoms with van der Waals surface area (Å²) in [4.78, 5) is 25.3. The van der Waals surface area contributed by atoms with Gasteiger partial charge in [-0.3, -0.25) is 14.1 Å². The van der Waals surface area contributed by atoms with E-state index in [-0.39, 0.29) is 19.4 Å². The average Bonchev–Trinajstić information content (AvgIpc) is 3.19. The summed E-state index contributed by atoms with van der Waals surface area (Å²) in [6.45, 7) is 3.74. The van der Waals surface area contributed by atoms with E-state index >= 15 is 0 Å². The van der Waals surface area contributed by atoms with Gasteiger partial charge < -0.3 is 34.3 Å². The van der Waals surface area contributed by atoms with Gasteiger partial charge in [0, 0.05) is 12.8 Å². The maximum atomic E-state index is 12.7. The fraction of sp³-hybridized carbons (Fsp3) is 0.956. The first kappa shape index (κ1) is 54.7. The first-order chi connectivity index (χ1) is 28.0. The van der Waals surface area contributed by atoms with Crippen LogP contribution in [0.2, 0.25) is 0 Å². The molecule has 2 unspecified atom stereocenters. The van der Waals surface area contributed by atoms with Gasteiger partial charge in [-0.05, 0) is 12.8 Å². The number of aliphatic hydroxyl groups is 3. The summed E-state index contributed by atoms with van der Waals surface area (Å²) in [6.07, 6.45) is 27.6. The van der Waals surface area contributed by atoms with E-state index in [9.17, 15) is 37.9 Å². The van der Waals surface area contributed by atoms with Gasteiger partial charge in [-0.1, -0.05) is 194 Å². The fourth-order valence-corrected chi connectivity index (χ4v) is 8.19. The SMILES string of the molecule is CCCCCCCCCCCCCCCCCCCCCCCCC(=O)OC[C@H](CO[C@H]1O[C@H](CS(=O)(=O)O)[C@@H](O)C(O)C1O)OC(=O)CCCCCCCCCC. The highest BCUT2D eigenvalue weighted by atomic mass is 32.2. The van der Waals surface area contributed by atoms with E-state index < -0.39 is 71.2 Å². The number of hydrogen-bond acceptors (Lipinski definition) is 11. The lowest BCUT2D eigenvalue weighted by atomic mass is 10.00. The third kappa shape index (κ3) is 30.6. The molecule has 0 aromatic heterocycles. The Morgan fingerprint density at radius 3 is 1.26 bits per heavy atom. The molecule has 1 aliphatic heterocycles. The molecule has 0 radical (unpaired) electrons. The fourth-order valence-electron chi connectivity index (χ4n) is 7.50. The van der Waals surface area contributed by atoms with Crippen molar-refractivity contribution >= 4 is 22.1 Å². The second-order valence-corrected chi connectivity index (χ2v) is 18.3. The van der Waals surface area contributed by atoms with Gasteiger partial charge in [0.15, 0.2) is 12.4 Å². The van der Waals surface area contributed by atoms with Crippen LogP contribution < -0.4 is 0 Å². The summed E-state index contributed by atoms with van der Waals surface area (Å²) in [5, 5.41) is 30.8. The van der Waals surface area contributed by atoms with Crippen LogP contribution in [-0.2, 0) is 38.7 Å². The van der Waals surface area contributed by atoms with Gasteiger partial charge >= 0.3 is 11.9 Å². The van der Waals surface area contributed by atoms with Crippen molar-refractivity contribution in [3.05, 3.63) is 0 Å².